The van der Waals surface area contributed by atoms with E-state index in [1.807, 2.05) is 18.5 Å². The third-order valence-electron chi connectivity index (χ3n) is 5.39. The molecule has 4 atom stereocenters. The maximum atomic E-state index is 12.8. The van der Waals surface area contributed by atoms with Crippen molar-refractivity contribution < 1.29 is 4.79 Å². The molecule has 0 amide bonds. The van der Waals surface area contributed by atoms with E-state index in [2.05, 4.69) is 5.10 Å². The van der Waals surface area contributed by atoms with Gasteiger partial charge in [-0.15, -0.1) is 0 Å². The van der Waals surface area contributed by atoms with Gasteiger partial charge in [-0.3, -0.25) is 9.48 Å². The van der Waals surface area contributed by atoms with Crippen LogP contribution < -0.4 is 5.73 Å². The predicted molar refractivity (Wildman–Crippen MR) is 83.3 cm³/mol. The summed E-state index contributed by atoms with van der Waals surface area (Å²) in [5.41, 5.74) is 8.04. The van der Waals surface area contributed by atoms with E-state index in [9.17, 15) is 4.79 Å². The average Bonchev–Trinajstić information content (AvgIpc) is 3.13. The first-order chi connectivity index (χ1) is 10.1. The summed E-state index contributed by atoms with van der Waals surface area (Å²) in [5.74, 6) is 1.35. The van der Waals surface area contributed by atoms with Gasteiger partial charge in [-0.25, -0.2) is 0 Å². The molecule has 2 N–H and O–H groups in total. The van der Waals surface area contributed by atoms with Crippen LogP contribution in [0.5, 0.6) is 0 Å². The second-order valence-electron chi connectivity index (χ2n) is 6.46. The van der Waals surface area contributed by atoms with Gasteiger partial charge in [0.2, 0.25) is 0 Å². The molecule has 21 heavy (non-hydrogen) atoms. The lowest BCUT2D eigenvalue weighted by Gasteiger charge is -2.27. The Balaban J connectivity index is 1.80. The molecule has 3 rings (SSSR count). The number of hydrogen-bond acceptors (Lipinski definition) is 3. The molecule has 1 heterocycles. The molecule has 2 bridgehead atoms. The van der Waals surface area contributed by atoms with Gasteiger partial charge in [0.05, 0.1) is 22.8 Å². The molecule has 0 saturated heterocycles. The molecule has 0 radical (unpaired) electrons. The van der Waals surface area contributed by atoms with Crippen LogP contribution in [-0.4, -0.2) is 21.6 Å². The number of fused-ring (bicyclic) bond motifs is 2. The monoisotopic (exact) mass is 309 g/mol. The van der Waals surface area contributed by atoms with E-state index in [1.54, 1.807) is 0 Å². The largest absolute Gasteiger partial charge is 0.327 e. The van der Waals surface area contributed by atoms with Crippen LogP contribution in [0.1, 0.15) is 44.5 Å². The van der Waals surface area contributed by atoms with E-state index < -0.39 is 0 Å². The summed E-state index contributed by atoms with van der Waals surface area (Å²) in [4.78, 5) is 12.8. The second-order valence-corrected chi connectivity index (χ2v) is 6.83. The Kier molecular flexibility index (Phi) is 4.10. The Bertz CT molecular complexity index is 552. The van der Waals surface area contributed by atoms with Crippen molar-refractivity contribution in [1.82, 2.24) is 9.78 Å². The van der Waals surface area contributed by atoms with Crippen LogP contribution in [-0.2, 0) is 24.2 Å². The highest BCUT2D eigenvalue weighted by Gasteiger charge is 2.48. The van der Waals surface area contributed by atoms with Crippen molar-refractivity contribution in [3.63, 3.8) is 0 Å². The van der Waals surface area contributed by atoms with Gasteiger partial charge >= 0.3 is 0 Å². The average molecular weight is 310 g/mol. The molecule has 0 aliphatic heterocycles. The van der Waals surface area contributed by atoms with E-state index in [0.29, 0.717) is 23.3 Å². The number of Topliss-reactive ketones (excluding diaryl/α,β-unsaturated/α-hetero) is 1. The Morgan fingerprint density at radius 2 is 2.10 bits per heavy atom. The van der Waals surface area contributed by atoms with Crippen LogP contribution >= 0.6 is 11.6 Å². The Labute approximate surface area is 131 Å². The molecule has 116 valence electrons. The lowest BCUT2D eigenvalue weighted by molar-refractivity contribution is -0.124. The van der Waals surface area contributed by atoms with Crippen LogP contribution in [0, 0.1) is 17.8 Å². The van der Waals surface area contributed by atoms with Crippen molar-refractivity contribution in [2.45, 2.75) is 58.5 Å². The fourth-order valence-electron chi connectivity index (χ4n) is 4.28. The summed E-state index contributed by atoms with van der Waals surface area (Å²) in [6.07, 6.45) is 4.67. The van der Waals surface area contributed by atoms with Crippen molar-refractivity contribution in [2.24, 2.45) is 23.5 Å². The van der Waals surface area contributed by atoms with E-state index in [0.717, 1.165) is 37.2 Å². The molecule has 2 saturated carbocycles. The Hall–Kier alpha value is -0.870. The van der Waals surface area contributed by atoms with Gasteiger partial charge in [0.25, 0.3) is 0 Å². The molecule has 2 aliphatic carbocycles. The van der Waals surface area contributed by atoms with Crippen molar-refractivity contribution in [2.75, 3.05) is 0 Å². The second kappa shape index (κ2) is 5.73. The zero-order valence-corrected chi connectivity index (χ0v) is 13.6. The molecule has 4 unspecified atom stereocenters. The van der Waals surface area contributed by atoms with Gasteiger partial charge in [0.15, 0.2) is 0 Å². The van der Waals surface area contributed by atoms with Crippen LogP contribution in [0.4, 0.5) is 0 Å². The highest BCUT2D eigenvalue weighted by atomic mass is 35.5. The predicted octanol–water partition coefficient (Wildman–Crippen LogP) is 2.60. The molecule has 2 fully saturated rings. The minimum atomic E-state index is 0.0325. The standard InChI is InChI=1S/C16H24ClN3O/c1-3-11-15(17)12(20(4-2)19-11)8-13(21)14-9-5-6-10(7-9)16(14)18/h9-10,14,16H,3-8,18H2,1-2H3. The summed E-state index contributed by atoms with van der Waals surface area (Å²) < 4.78 is 1.87. The fraction of sp³-hybridized carbons (Fsp3) is 0.750. The van der Waals surface area contributed by atoms with E-state index in [4.69, 9.17) is 17.3 Å². The molecule has 5 heteroatoms. The number of nitrogens with two attached hydrogens (primary N) is 1. The van der Waals surface area contributed by atoms with Crippen LogP contribution in [0.3, 0.4) is 0 Å². The number of carbonyl (C=O) groups is 1. The van der Waals surface area contributed by atoms with Crippen molar-refractivity contribution >= 4 is 17.4 Å². The van der Waals surface area contributed by atoms with Crippen LogP contribution in [0.2, 0.25) is 5.02 Å². The number of hydrogen-bond donors (Lipinski definition) is 1. The number of rotatable bonds is 5. The van der Waals surface area contributed by atoms with Crippen LogP contribution in [0.15, 0.2) is 0 Å². The zero-order chi connectivity index (χ0) is 15.1. The van der Waals surface area contributed by atoms with Gasteiger partial charge in [-0.1, -0.05) is 18.5 Å². The van der Waals surface area contributed by atoms with E-state index in [1.165, 1.54) is 6.42 Å². The van der Waals surface area contributed by atoms with E-state index >= 15 is 0 Å². The van der Waals surface area contributed by atoms with Gasteiger partial charge in [-0.2, -0.15) is 5.10 Å². The van der Waals surface area contributed by atoms with Gasteiger partial charge < -0.3 is 5.73 Å². The quantitative estimate of drug-likeness (QED) is 0.909. The maximum Gasteiger partial charge on any atom is 0.143 e. The maximum absolute atomic E-state index is 12.8. The number of aromatic nitrogens is 2. The number of halogens is 1. The molecular weight excluding hydrogens is 286 g/mol. The van der Waals surface area contributed by atoms with Gasteiger partial charge in [-0.05, 0) is 44.4 Å². The number of carbonyl (C=O) groups excluding carboxylic acids is 1. The van der Waals surface area contributed by atoms with Crippen LogP contribution in [0.25, 0.3) is 0 Å². The first-order valence-corrected chi connectivity index (χ1v) is 8.46. The molecule has 0 spiro atoms. The fourth-order valence-corrected chi connectivity index (χ4v) is 4.62. The first-order valence-electron chi connectivity index (χ1n) is 8.09. The van der Waals surface area contributed by atoms with Crippen molar-refractivity contribution in [3.8, 4) is 0 Å². The highest BCUT2D eigenvalue weighted by molar-refractivity contribution is 6.32. The first kappa shape index (κ1) is 15.0. The lowest BCUT2D eigenvalue weighted by atomic mass is 9.81. The number of nitrogens with zero attached hydrogens (tertiary/aromatic N) is 2. The number of aryl methyl sites for hydroxylation is 2. The molecule has 2 aliphatic rings. The minimum Gasteiger partial charge on any atom is -0.327 e. The molecule has 1 aromatic rings. The van der Waals surface area contributed by atoms with Gasteiger partial charge in [0.1, 0.15) is 5.78 Å². The zero-order valence-electron chi connectivity index (χ0n) is 12.8. The molecular formula is C16H24ClN3O. The smallest absolute Gasteiger partial charge is 0.143 e. The third kappa shape index (κ3) is 2.42. The Morgan fingerprint density at radius 1 is 1.38 bits per heavy atom. The summed E-state index contributed by atoms with van der Waals surface area (Å²) in [6, 6.07) is 0.0543. The molecule has 1 aromatic heterocycles. The van der Waals surface area contributed by atoms with E-state index in [-0.39, 0.29) is 17.7 Å². The minimum absolute atomic E-state index is 0.0325. The summed E-state index contributed by atoms with van der Waals surface area (Å²) in [7, 11) is 0. The van der Waals surface area contributed by atoms with Crippen molar-refractivity contribution in [1.29, 1.82) is 0 Å². The summed E-state index contributed by atoms with van der Waals surface area (Å²) in [6.45, 7) is 4.80. The summed E-state index contributed by atoms with van der Waals surface area (Å²) in [5, 5.41) is 5.17. The SMILES string of the molecule is CCc1nn(CC)c(CC(=O)C2C3CCC(C3)C2N)c1Cl. The van der Waals surface area contributed by atoms with Gasteiger partial charge in [0, 0.05) is 18.5 Å². The molecule has 0 aromatic carbocycles. The highest BCUT2D eigenvalue weighted by Crippen LogP contribution is 2.48. The third-order valence-corrected chi connectivity index (χ3v) is 5.82. The lowest BCUT2D eigenvalue weighted by Crippen LogP contribution is -2.41. The normalized spacial score (nSPS) is 31.0. The summed E-state index contributed by atoms with van der Waals surface area (Å²) >= 11 is 6.41. The topological polar surface area (TPSA) is 60.9 Å². The van der Waals surface area contributed by atoms with Crippen molar-refractivity contribution in [3.05, 3.63) is 16.4 Å². The number of ketones is 1. The Morgan fingerprint density at radius 3 is 2.67 bits per heavy atom. The molecule has 4 nitrogen and oxygen atoms in total.